The molecule has 0 amide bonds. The van der Waals surface area contributed by atoms with E-state index < -0.39 is 0 Å². The maximum Gasteiger partial charge on any atom is 0.130 e. The van der Waals surface area contributed by atoms with Crippen LogP contribution in [0.5, 0.6) is 0 Å². The van der Waals surface area contributed by atoms with Gasteiger partial charge in [0, 0.05) is 25.2 Å². The molecule has 3 rings (SSSR count). The highest BCUT2D eigenvalue weighted by atomic mass is 15.2. The Bertz CT molecular complexity index is 442. The Morgan fingerprint density at radius 3 is 2.74 bits per heavy atom. The summed E-state index contributed by atoms with van der Waals surface area (Å²) in [6.45, 7) is 3.13. The standard InChI is InChI=1S/C16H23N3/c1-19-12-11-18-16(19)14-8-6-13(7-9-14)15-5-3-2-4-10-17-15/h6-9,15,17H,2-5,10-12H2,1H3. The largest absolute Gasteiger partial charge is 0.358 e. The number of nitrogens with zero attached hydrogens (tertiary/aromatic N) is 2. The van der Waals surface area contributed by atoms with Crippen molar-refractivity contribution >= 4 is 5.84 Å². The number of benzene rings is 1. The van der Waals surface area contributed by atoms with Gasteiger partial charge in [0.25, 0.3) is 0 Å². The summed E-state index contributed by atoms with van der Waals surface area (Å²) in [6, 6.07) is 9.53. The molecule has 3 heteroatoms. The molecular formula is C16H23N3. The normalized spacial score (nSPS) is 24.2. The summed E-state index contributed by atoms with van der Waals surface area (Å²) in [7, 11) is 2.12. The monoisotopic (exact) mass is 257 g/mol. The molecule has 19 heavy (non-hydrogen) atoms. The second-order valence-electron chi connectivity index (χ2n) is 5.60. The lowest BCUT2D eigenvalue weighted by atomic mass is 10.0. The summed E-state index contributed by atoms with van der Waals surface area (Å²) < 4.78 is 0. The smallest absolute Gasteiger partial charge is 0.130 e. The van der Waals surface area contributed by atoms with Gasteiger partial charge >= 0.3 is 0 Å². The van der Waals surface area contributed by atoms with Crippen LogP contribution in [0.4, 0.5) is 0 Å². The van der Waals surface area contributed by atoms with Crippen LogP contribution in [0.1, 0.15) is 42.9 Å². The number of hydrogen-bond donors (Lipinski definition) is 1. The lowest BCUT2D eigenvalue weighted by Crippen LogP contribution is -2.23. The zero-order chi connectivity index (χ0) is 13.1. The first-order chi connectivity index (χ1) is 9.34. The van der Waals surface area contributed by atoms with Crippen molar-refractivity contribution in [3.05, 3.63) is 35.4 Å². The van der Waals surface area contributed by atoms with Crippen LogP contribution in [-0.2, 0) is 0 Å². The molecule has 1 N–H and O–H groups in total. The molecule has 0 bridgehead atoms. The SMILES string of the molecule is CN1CCN=C1c1ccc(C2CCCCCN2)cc1. The highest BCUT2D eigenvalue weighted by Crippen LogP contribution is 2.23. The van der Waals surface area contributed by atoms with Crippen molar-refractivity contribution in [1.82, 2.24) is 10.2 Å². The van der Waals surface area contributed by atoms with Crippen LogP contribution in [0.25, 0.3) is 0 Å². The minimum Gasteiger partial charge on any atom is -0.358 e. The van der Waals surface area contributed by atoms with Crippen molar-refractivity contribution in [3.63, 3.8) is 0 Å². The van der Waals surface area contributed by atoms with E-state index in [1.165, 1.54) is 36.8 Å². The molecule has 2 aliphatic heterocycles. The summed E-state index contributed by atoms with van der Waals surface area (Å²) in [5.41, 5.74) is 2.67. The van der Waals surface area contributed by atoms with Gasteiger partial charge in [-0.2, -0.15) is 0 Å². The fraction of sp³-hybridized carbons (Fsp3) is 0.562. The summed E-state index contributed by atoms with van der Waals surface area (Å²) in [5.74, 6) is 1.14. The topological polar surface area (TPSA) is 27.6 Å². The van der Waals surface area contributed by atoms with Crippen LogP contribution in [0.15, 0.2) is 29.3 Å². The molecule has 1 unspecified atom stereocenters. The third-order valence-electron chi connectivity index (χ3n) is 4.19. The number of amidine groups is 1. The van der Waals surface area contributed by atoms with Gasteiger partial charge in [0.15, 0.2) is 0 Å². The summed E-state index contributed by atoms with van der Waals surface area (Å²) in [5, 5.41) is 3.66. The Morgan fingerprint density at radius 2 is 2.00 bits per heavy atom. The molecule has 0 spiro atoms. The van der Waals surface area contributed by atoms with Gasteiger partial charge in [-0.25, -0.2) is 0 Å². The van der Waals surface area contributed by atoms with E-state index in [9.17, 15) is 0 Å². The van der Waals surface area contributed by atoms with Gasteiger partial charge in [-0.3, -0.25) is 4.99 Å². The zero-order valence-electron chi connectivity index (χ0n) is 11.7. The molecular weight excluding hydrogens is 234 g/mol. The zero-order valence-corrected chi connectivity index (χ0v) is 11.7. The molecule has 1 atom stereocenters. The maximum absolute atomic E-state index is 4.57. The first-order valence-corrected chi connectivity index (χ1v) is 7.44. The maximum atomic E-state index is 4.57. The third kappa shape index (κ3) is 2.81. The van der Waals surface area contributed by atoms with Gasteiger partial charge in [0.2, 0.25) is 0 Å². The van der Waals surface area contributed by atoms with E-state index in [0.717, 1.165) is 25.5 Å². The minimum absolute atomic E-state index is 0.541. The van der Waals surface area contributed by atoms with E-state index in [0.29, 0.717) is 6.04 Å². The van der Waals surface area contributed by atoms with Crippen LogP contribution in [0, 0.1) is 0 Å². The van der Waals surface area contributed by atoms with Crippen molar-refractivity contribution in [2.75, 3.05) is 26.7 Å². The van der Waals surface area contributed by atoms with Gasteiger partial charge in [0.1, 0.15) is 5.84 Å². The Kier molecular flexibility index (Phi) is 3.83. The molecule has 3 nitrogen and oxygen atoms in total. The average Bonchev–Trinajstić information content (AvgIpc) is 2.71. The number of nitrogens with one attached hydrogen (secondary N) is 1. The van der Waals surface area contributed by atoms with E-state index in [-0.39, 0.29) is 0 Å². The quantitative estimate of drug-likeness (QED) is 0.882. The van der Waals surface area contributed by atoms with Crippen molar-refractivity contribution in [2.24, 2.45) is 4.99 Å². The van der Waals surface area contributed by atoms with E-state index >= 15 is 0 Å². The van der Waals surface area contributed by atoms with Crippen LogP contribution in [-0.4, -0.2) is 37.4 Å². The van der Waals surface area contributed by atoms with Crippen LogP contribution < -0.4 is 5.32 Å². The average molecular weight is 257 g/mol. The number of hydrogen-bond acceptors (Lipinski definition) is 3. The summed E-state index contributed by atoms with van der Waals surface area (Å²) in [6.07, 6.45) is 5.29. The van der Waals surface area contributed by atoms with Crippen LogP contribution in [0.3, 0.4) is 0 Å². The Balaban J connectivity index is 1.74. The highest BCUT2D eigenvalue weighted by Gasteiger charge is 2.16. The first kappa shape index (κ1) is 12.7. The predicted molar refractivity (Wildman–Crippen MR) is 79.7 cm³/mol. The molecule has 2 aliphatic rings. The lowest BCUT2D eigenvalue weighted by Gasteiger charge is -2.18. The summed E-state index contributed by atoms with van der Waals surface area (Å²) in [4.78, 5) is 6.81. The molecule has 102 valence electrons. The van der Waals surface area contributed by atoms with Gasteiger partial charge in [-0.05, 0) is 24.9 Å². The van der Waals surface area contributed by atoms with Crippen molar-refractivity contribution in [1.29, 1.82) is 0 Å². The summed E-state index contributed by atoms with van der Waals surface area (Å²) >= 11 is 0. The lowest BCUT2D eigenvalue weighted by molar-refractivity contribution is 0.534. The molecule has 1 aromatic rings. The number of rotatable bonds is 2. The van der Waals surface area contributed by atoms with E-state index in [2.05, 4.69) is 46.5 Å². The molecule has 1 saturated heterocycles. The minimum atomic E-state index is 0.541. The van der Waals surface area contributed by atoms with Gasteiger partial charge in [-0.15, -0.1) is 0 Å². The van der Waals surface area contributed by atoms with E-state index in [4.69, 9.17) is 0 Å². The van der Waals surface area contributed by atoms with Crippen LogP contribution >= 0.6 is 0 Å². The molecule has 1 aromatic carbocycles. The second-order valence-corrected chi connectivity index (χ2v) is 5.60. The fourth-order valence-electron chi connectivity index (χ4n) is 3.02. The third-order valence-corrected chi connectivity index (χ3v) is 4.19. The Morgan fingerprint density at radius 1 is 1.16 bits per heavy atom. The molecule has 0 radical (unpaired) electrons. The molecule has 0 aliphatic carbocycles. The molecule has 0 saturated carbocycles. The Labute approximate surface area is 115 Å². The van der Waals surface area contributed by atoms with Crippen molar-refractivity contribution < 1.29 is 0 Å². The van der Waals surface area contributed by atoms with E-state index in [1.807, 2.05) is 0 Å². The van der Waals surface area contributed by atoms with Crippen LogP contribution in [0.2, 0.25) is 0 Å². The molecule has 2 heterocycles. The Hall–Kier alpha value is -1.35. The van der Waals surface area contributed by atoms with Gasteiger partial charge in [0.05, 0.1) is 6.54 Å². The van der Waals surface area contributed by atoms with Crippen molar-refractivity contribution in [2.45, 2.75) is 31.7 Å². The molecule has 1 fully saturated rings. The van der Waals surface area contributed by atoms with E-state index in [1.54, 1.807) is 0 Å². The number of likely N-dealkylation sites (N-methyl/N-ethyl adjacent to an activating group) is 1. The van der Waals surface area contributed by atoms with Crippen molar-refractivity contribution in [3.8, 4) is 0 Å². The van der Waals surface area contributed by atoms with Gasteiger partial charge < -0.3 is 10.2 Å². The number of aliphatic imine (C=N–C) groups is 1. The second kappa shape index (κ2) is 5.74. The molecule has 0 aromatic heterocycles. The predicted octanol–water partition coefficient (Wildman–Crippen LogP) is 2.58. The first-order valence-electron chi connectivity index (χ1n) is 7.44. The fourth-order valence-corrected chi connectivity index (χ4v) is 3.02. The highest BCUT2D eigenvalue weighted by molar-refractivity contribution is 5.99. The van der Waals surface area contributed by atoms with Gasteiger partial charge in [-0.1, -0.05) is 37.1 Å².